The molecule has 0 aromatic carbocycles. The number of hydrogen-bond acceptors (Lipinski definition) is 7. The third kappa shape index (κ3) is 5.87. The molecule has 2 amide bonds. The van der Waals surface area contributed by atoms with Gasteiger partial charge in [0.25, 0.3) is 15.9 Å². The van der Waals surface area contributed by atoms with Crippen molar-refractivity contribution in [3.8, 4) is 0 Å². The van der Waals surface area contributed by atoms with Crippen molar-refractivity contribution in [2.24, 2.45) is 5.92 Å². The number of carbonyl (C=O) groups excluding carboxylic acids is 1. The third-order valence-corrected chi connectivity index (χ3v) is 6.37. The highest BCUT2D eigenvalue weighted by atomic mass is 32.2. The highest BCUT2D eigenvalue weighted by molar-refractivity contribution is 7.89. The number of carboxylic acid groups (broad SMARTS) is 1. The Morgan fingerprint density at radius 2 is 2.10 bits per heavy atom. The van der Waals surface area contributed by atoms with Gasteiger partial charge in [0.1, 0.15) is 6.04 Å². The Bertz CT molecular complexity index is 802. The Kier molecular flexibility index (Phi) is 7.94. The fourth-order valence-corrected chi connectivity index (χ4v) is 4.96. The van der Waals surface area contributed by atoms with Gasteiger partial charge >= 0.3 is 6.09 Å². The highest BCUT2D eigenvalue weighted by Gasteiger charge is 2.43. The van der Waals surface area contributed by atoms with Crippen LogP contribution in [0.25, 0.3) is 0 Å². The molecule has 1 aliphatic rings. The van der Waals surface area contributed by atoms with Crippen molar-refractivity contribution >= 4 is 22.0 Å². The number of β-amino-alcohol motifs (C(OH)–C–C–N with tert-alkyl or cyclic N) is 1. The molecule has 2 heterocycles. The molecular formula is C18H28N4O6S. The van der Waals surface area contributed by atoms with Gasteiger partial charge in [0, 0.05) is 12.7 Å². The summed E-state index contributed by atoms with van der Waals surface area (Å²) in [5.41, 5.74) is 0. The van der Waals surface area contributed by atoms with Crippen molar-refractivity contribution < 1.29 is 28.2 Å². The Labute approximate surface area is 170 Å². The average molecular weight is 429 g/mol. The van der Waals surface area contributed by atoms with E-state index in [1.807, 2.05) is 0 Å². The van der Waals surface area contributed by atoms with E-state index < -0.39 is 40.2 Å². The maximum absolute atomic E-state index is 13.4. The summed E-state index contributed by atoms with van der Waals surface area (Å²) in [7, 11) is -4.41. The second-order valence-electron chi connectivity index (χ2n) is 7.42. The Balaban J connectivity index is 2.53. The molecule has 2 rings (SSSR count). The number of sulfonamides is 1. The van der Waals surface area contributed by atoms with Crippen LogP contribution in [0.3, 0.4) is 0 Å². The van der Waals surface area contributed by atoms with Gasteiger partial charge in [-0.25, -0.2) is 14.1 Å². The van der Waals surface area contributed by atoms with Gasteiger partial charge in [-0.05, 0) is 43.9 Å². The number of rotatable bonds is 7. The Morgan fingerprint density at radius 1 is 1.38 bits per heavy atom. The topological polar surface area (TPSA) is 149 Å². The second kappa shape index (κ2) is 9.99. The van der Waals surface area contributed by atoms with E-state index in [2.05, 4.69) is 15.6 Å². The molecule has 0 spiro atoms. The molecule has 0 bridgehead atoms. The third-order valence-electron chi connectivity index (χ3n) is 4.63. The summed E-state index contributed by atoms with van der Waals surface area (Å²) in [5.74, 6) is -0.992. The number of nitrogens with one attached hydrogen (secondary N) is 2. The molecule has 11 heteroatoms. The number of pyridine rings is 1. The molecule has 0 aliphatic carbocycles. The zero-order valence-corrected chi connectivity index (χ0v) is 17.3. The number of nitrogens with zero attached hydrogens (tertiary/aromatic N) is 2. The first-order valence-electron chi connectivity index (χ1n) is 9.52. The summed E-state index contributed by atoms with van der Waals surface area (Å²) < 4.78 is 27.3. The van der Waals surface area contributed by atoms with Crippen LogP contribution in [0.2, 0.25) is 0 Å². The quantitative estimate of drug-likeness (QED) is 0.487. The van der Waals surface area contributed by atoms with Gasteiger partial charge < -0.3 is 20.8 Å². The van der Waals surface area contributed by atoms with E-state index in [1.165, 1.54) is 18.3 Å². The number of aliphatic hydroxyl groups is 1. The van der Waals surface area contributed by atoms with Crippen molar-refractivity contribution in [1.82, 2.24) is 19.9 Å². The normalized spacial score (nSPS) is 21.2. The summed E-state index contributed by atoms with van der Waals surface area (Å²) in [4.78, 5) is 28.4. The minimum atomic E-state index is -4.41. The van der Waals surface area contributed by atoms with Crippen LogP contribution in [0.4, 0.5) is 4.79 Å². The first-order chi connectivity index (χ1) is 13.6. The molecule has 0 saturated carbocycles. The van der Waals surface area contributed by atoms with Crippen molar-refractivity contribution in [3.05, 3.63) is 24.4 Å². The lowest BCUT2D eigenvalue weighted by Gasteiger charge is -2.35. The van der Waals surface area contributed by atoms with E-state index in [1.54, 1.807) is 19.9 Å². The summed E-state index contributed by atoms with van der Waals surface area (Å²) in [5, 5.41) is 24.5. The largest absolute Gasteiger partial charge is 0.465 e. The van der Waals surface area contributed by atoms with Gasteiger partial charge in [-0.2, -0.15) is 8.42 Å². The van der Waals surface area contributed by atoms with Crippen LogP contribution in [0.1, 0.15) is 33.1 Å². The Morgan fingerprint density at radius 3 is 2.69 bits per heavy atom. The van der Waals surface area contributed by atoms with Crippen molar-refractivity contribution in [1.29, 1.82) is 0 Å². The van der Waals surface area contributed by atoms with Gasteiger partial charge in [-0.1, -0.05) is 19.9 Å². The van der Waals surface area contributed by atoms with Crippen LogP contribution in [0.15, 0.2) is 29.4 Å². The van der Waals surface area contributed by atoms with Crippen LogP contribution >= 0.6 is 0 Å². The molecule has 1 fully saturated rings. The molecule has 29 heavy (non-hydrogen) atoms. The van der Waals surface area contributed by atoms with Gasteiger partial charge in [0.2, 0.25) is 0 Å². The van der Waals surface area contributed by atoms with E-state index in [4.69, 9.17) is 5.11 Å². The van der Waals surface area contributed by atoms with Gasteiger partial charge in [-0.3, -0.25) is 4.79 Å². The standard InChI is InChI=1S/C18H28N4O6S/c1-12(2)10-13(21-18(25)26)17(24)22(14-6-5-8-19-11-15(14)23)29(27,28)16-7-3-4-9-20-16/h3-4,7,9,12-15,19,21,23H,5-6,8,10-11H2,1-2H3,(H,25,26)/t13?,14?,15-/m0/s1. The molecule has 0 radical (unpaired) electrons. The van der Waals surface area contributed by atoms with Crippen LogP contribution in [0, 0.1) is 5.92 Å². The lowest BCUT2D eigenvalue weighted by atomic mass is 10.0. The summed E-state index contributed by atoms with van der Waals surface area (Å²) in [6, 6.07) is 1.99. The predicted molar refractivity (Wildman–Crippen MR) is 105 cm³/mol. The molecule has 10 nitrogen and oxygen atoms in total. The molecule has 3 atom stereocenters. The van der Waals surface area contributed by atoms with Gasteiger partial charge in [0.15, 0.2) is 5.03 Å². The smallest absolute Gasteiger partial charge is 0.405 e. The summed E-state index contributed by atoms with van der Waals surface area (Å²) >= 11 is 0. The highest BCUT2D eigenvalue weighted by Crippen LogP contribution is 2.25. The molecule has 162 valence electrons. The van der Waals surface area contributed by atoms with Crippen LogP contribution in [-0.2, 0) is 14.8 Å². The number of carbonyl (C=O) groups is 2. The molecule has 1 aromatic heterocycles. The second-order valence-corrected chi connectivity index (χ2v) is 9.18. The first kappa shape index (κ1) is 23.0. The summed E-state index contributed by atoms with van der Waals surface area (Å²) in [6.07, 6.45) is -0.369. The minimum Gasteiger partial charge on any atom is -0.465 e. The molecule has 1 aromatic rings. The lowest BCUT2D eigenvalue weighted by molar-refractivity contribution is -0.132. The zero-order chi connectivity index (χ0) is 21.6. The van der Waals surface area contributed by atoms with E-state index in [0.29, 0.717) is 17.3 Å². The molecule has 1 saturated heterocycles. The van der Waals surface area contributed by atoms with E-state index in [0.717, 1.165) is 0 Å². The van der Waals surface area contributed by atoms with Crippen LogP contribution in [-0.4, -0.2) is 71.2 Å². The van der Waals surface area contributed by atoms with Gasteiger partial charge in [0.05, 0.1) is 12.1 Å². The van der Waals surface area contributed by atoms with Crippen LogP contribution < -0.4 is 10.6 Å². The molecule has 1 aliphatic heterocycles. The first-order valence-corrected chi connectivity index (χ1v) is 11.0. The molecule has 2 unspecified atom stereocenters. The monoisotopic (exact) mass is 428 g/mol. The van der Waals surface area contributed by atoms with Crippen LogP contribution in [0.5, 0.6) is 0 Å². The number of amides is 2. The van der Waals surface area contributed by atoms with E-state index in [9.17, 15) is 23.1 Å². The molecule has 4 N–H and O–H groups in total. The predicted octanol–water partition coefficient (Wildman–Crippen LogP) is 0.394. The SMILES string of the molecule is CC(C)CC(NC(=O)O)C(=O)N(C1CCCNC[C@@H]1O)S(=O)(=O)c1ccccn1. The van der Waals surface area contributed by atoms with Crippen molar-refractivity contribution in [2.75, 3.05) is 13.1 Å². The average Bonchev–Trinajstić information content (AvgIpc) is 2.86. The fourth-order valence-electron chi connectivity index (χ4n) is 3.34. The minimum absolute atomic E-state index is 0.0732. The number of aromatic nitrogens is 1. The van der Waals surface area contributed by atoms with Crippen molar-refractivity contribution in [2.45, 2.75) is 56.3 Å². The zero-order valence-electron chi connectivity index (χ0n) is 16.5. The number of aliphatic hydroxyl groups excluding tert-OH is 1. The molecular weight excluding hydrogens is 400 g/mol. The maximum atomic E-state index is 13.4. The van der Waals surface area contributed by atoms with E-state index in [-0.39, 0.29) is 30.3 Å². The van der Waals surface area contributed by atoms with Crippen molar-refractivity contribution in [3.63, 3.8) is 0 Å². The fraction of sp³-hybridized carbons (Fsp3) is 0.611. The number of hydrogen-bond donors (Lipinski definition) is 4. The Hall–Kier alpha value is -2.24. The lowest BCUT2D eigenvalue weighted by Crippen LogP contribution is -2.57. The van der Waals surface area contributed by atoms with E-state index >= 15 is 0 Å². The van der Waals surface area contributed by atoms with Gasteiger partial charge in [-0.15, -0.1) is 0 Å². The summed E-state index contributed by atoms with van der Waals surface area (Å²) in [6.45, 7) is 4.28. The maximum Gasteiger partial charge on any atom is 0.405 e.